The number of nitrogens with one attached hydrogen (secondary N) is 1. The Hall–Kier alpha value is -3.21. The van der Waals surface area contributed by atoms with Crippen LogP contribution in [0.15, 0.2) is 54.6 Å². The number of benzene rings is 2. The topological polar surface area (TPSA) is 68.3 Å². The quantitative estimate of drug-likeness (QED) is 0.676. The molecule has 5 nitrogen and oxygen atoms in total. The van der Waals surface area contributed by atoms with E-state index in [-0.39, 0.29) is 11.9 Å². The standard InChI is InChI=1S/C24H22N2O3/c27-23(25-16-13-14-16)22(15-7-2-1-3-8-15)29-24(28)21-17-9-4-5-11-19(17)26-20-12-6-10-18(20)21/h1-5,7-9,11,16,22H,6,10,12-14H2,(H,25,27). The second-order valence-electron chi connectivity index (χ2n) is 7.76. The smallest absolute Gasteiger partial charge is 0.340 e. The minimum absolute atomic E-state index is 0.193. The Balaban J connectivity index is 1.53. The van der Waals surface area contributed by atoms with Gasteiger partial charge in [-0.1, -0.05) is 48.5 Å². The average molecular weight is 386 g/mol. The van der Waals surface area contributed by atoms with Crippen LogP contribution in [0, 0.1) is 0 Å². The average Bonchev–Trinajstić information content (AvgIpc) is 3.44. The predicted molar refractivity (Wildman–Crippen MR) is 110 cm³/mol. The Kier molecular flexibility index (Phi) is 4.51. The van der Waals surface area contributed by atoms with Crippen molar-refractivity contribution < 1.29 is 14.3 Å². The summed E-state index contributed by atoms with van der Waals surface area (Å²) in [4.78, 5) is 31.0. The fourth-order valence-corrected chi connectivity index (χ4v) is 4.02. The molecule has 1 N–H and O–H groups in total. The fourth-order valence-electron chi connectivity index (χ4n) is 4.02. The summed E-state index contributed by atoms with van der Waals surface area (Å²) in [6.07, 6.45) is 3.64. The number of ether oxygens (including phenoxy) is 1. The van der Waals surface area contributed by atoms with Gasteiger partial charge in [0.25, 0.3) is 5.91 Å². The zero-order chi connectivity index (χ0) is 19.8. The van der Waals surface area contributed by atoms with Crippen molar-refractivity contribution in [2.45, 2.75) is 44.2 Å². The van der Waals surface area contributed by atoms with E-state index in [1.807, 2.05) is 54.6 Å². The Morgan fingerprint density at radius 3 is 2.55 bits per heavy atom. The summed E-state index contributed by atoms with van der Waals surface area (Å²) in [7, 11) is 0. The first kappa shape index (κ1) is 17.9. The maximum absolute atomic E-state index is 13.4. The number of pyridine rings is 1. The normalized spacial score (nSPS) is 16.3. The lowest BCUT2D eigenvalue weighted by Gasteiger charge is -2.19. The number of para-hydroxylation sites is 1. The summed E-state index contributed by atoms with van der Waals surface area (Å²) in [6, 6.07) is 17.0. The highest BCUT2D eigenvalue weighted by molar-refractivity contribution is 6.06. The van der Waals surface area contributed by atoms with Crippen molar-refractivity contribution in [3.05, 3.63) is 77.0 Å². The van der Waals surface area contributed by atoms with Crippen LogP contribution in [0.3, 0.4) is 0 Å². The van der Waals surface area contributed by atoms with Crippen molar-refractivity contribution in [2.75, 3.05) is 0 Å². The van der Waals surface area contributed by atoms with E-state index in [1.165, 1.54) is 0 Å². The summed E-state index contributed by atoms with van der Waals surface area (Å²) < 4.78 is 5.87. The molecule has 1 atom stereocenters. The van der Waals surface area contributed by atoms with Gasteiger partial charge in [-0.3, -0.25) is 9.78 Å². The summed E-state index contributed by atoms with van der Waals surface area (Å²) in [5, 5.41) is 3.76. The van der Waals surface area contributed by atoms with Crippen LogP contribution in [0.2, 0.25) is 0 Å². The monoisotopic (exact) mass is 386 g/mol. The lowest BCUT2D eigenvalue weighted by molar-refractivity contribution is -0.130. The number of hydrogen-bond donors (Lipinski definition) is 1. The summed E-state index contributed by atoms with van der Waals surface area (Å²) in [5.74, 6) is -0.719. The van der Waals surface area contributed by atoms with Gasteiger partial charge in [0.2, 0.25) is 6.10 Å². The molecule has 0 bridgehead atoms. The van der Waals surface area contributed by atoms with E-state index in [9.17, 15) is 9.59 Å². The van der Waals surface area contributed by atoms with Gasteiger partial charge < -0.3 is 10.1 Å². The SMILES string of the molecule is O=C(OC(C(=O)NC1CC1)c1ccccc1)c1c2c(nc3ccccc13)CCC2. The minimum atomic E-state index is -0.965. The number of amides is 1. The van der Waals surface area contributed by atoms with Gasteiger partial charge in [-0.2, -0.15) is 0 Å². The molecular weight excluding hydrogens is 364 g/mol. The maximum Gasteiger partial charge on any atom is 0.340 e. The first-order valence-corrected chi connectivity index (χ1v) is 10.2. The van der Waals surface area contributed by atoms with E-state index in [2.05, 4.69) is 5.32 Å². The number of fused-ring (bicyclic) bond motifs is 2. The van der Waals surface area contributed by atoms with Crippen LogP contribution in [0.1, 0.15) is 52.5 Å². The molecule has 1 heterocycles. The van der Waals surface area contributed by atoms with Crippen LogP contribution in [0.5, 0.6) is 0 Å². The predicted octanol–water partition coefficient (Wildman–Crippen LogP) is 3.90. The second-order valence-corrected chi connectivity index (χ2v) is 7.76. The largest absolute Gasteiger partial charge is 0.444 e. The number of aromatic nitrogens is 1. The molecule has 1 amide bonds. The van der Waals surface area contributed by atoms with Gasteiger partial charge in [-0.15, -0.1) is 0 Å². The molecule has 146 valence electrons. The van der Waals surface area contributed by atoms with Crippen LogP contribution >= 0.6 is 0 Å². The number of hydrogen-bond acceptors (Lipinski definition) is 4. The number of carbonyl (C=O) groups is 2. The molecule has 3 aromatic rings. The second kappa shape index (κ2) is 7.32. The zero-order valence-electron chi connectivity index (χ0n) is 16.1. The fraction of sp³-hybridized carbons (Fsp3) is 0.292. The van der Waals surface area contributed by atoms with Gasteiger partial charge in [0.15, 0.2) is 0 Å². The van der Waals surface area contributed by atoms with Gasteiger partial charge in [0.05, 0.1) is 11.1 Å². The number of nitrogens with zero attached hydrogens (tertiary/aromatic N) is 1. The van der Waals surface area contributed by atoms with Gasteiger partial charge in [0.1, 0.15) is 0 Å². The lowest BCUT2D eigenvalue weighted by atomic mass is 10.0. The molecule has 5 heteroatoms. The van der Waals surface area contributed by atoms with E-state index < -0.39 is 12.1 Å². The van der Waals surface area contributed by atoms with Gasteiger partial charge in [-0.05, 0) is 43.7 Å². The number of carbonyl (C=O) groups excluding carboxylic acids is 2. The highest BCUT2D eigenvalue weighted by Gasteiger charge is 2.33. The molecule has 1 fully saturated rings. The summed E-state index contributed by atoms with van der Waals surface area (Å²) >= 11 is 0. The van der Waals surface area contributed by atoms with E-state index >= 15 is 0 Å². The third-order valence-electron chi connectivity index (χ3n) is 5.61. The van der Waals surface area contributed by atoms with E-state index in [1.54, 1.807) is 0 Å². The Bertz CT molecular complexity index is 1090. The van der Waals surface area contributed by atoms with Crippen LogP contribution in [-0.4, -0.2) is 22.9 Å². The molecule has 1 unspecified atom stereocenters. The molecule has 2 aliphatic carbocycles. The molecule has 0 aliphatic heterocycles. The van der Waals surface area contributed by atoms with Crippen LogP contribution in [-0.2, 0) is 22.4 Å². The molecule has 2 aromatic carbocycles. The molecule has 0 saturated heterocycles. The maximum atomic E-state index is 13.4. The summed E-state index contributed by atoms with van der Waals surface area (Å²) in [6.45, 7) is 0. The van der Waals surface area contributed by atoms with Crippen molar-refractivity contribution in [1.29, 1.82) is 0 Å². The Morgan fingerprint density at radius 1 is 1.00 bits per heavy atom. The highest BCUT2D eigenvalue weighted by atomic mass is 16.5. The third-order valence-corrected chi connectivity index (χ3v) is 5.61. The van der Waals surface area contributed by atoms with Crippen molar-refractivity contribution >= 4 is 22.8 Å². The molecule has 29 heavy (non-hydrogen) atoms. The molecule has 1 aromatic heterocycles. The van der Waals surface area contributed by atoms with Crippen molar-refractivity contribution in [3.63, 3.8) is 0 Å². The Labute approximate surface area is 169 Å². The molecule has 2 aliphatic rings. The van der Waals surface area contributed by atoms with Crippen molar-refractivity contribution in [1.82, 2.24) is 10.3 Å². The van der Waals surface area contributed by atoms with Crippen molar-refractivity contribution in [3.8, 4) is 0 Å². The first-order chi connectivity index (χ1) is 14.2. The van der Waals surface area contributed by atoms with Gasteiger partial charge in [-0.25, -0.2) is 4.79 Å². The highest BCUT2D eigenvalue weighted by Crippen LogP contribution is 2.32. The molecule has 0 radical (unpaired) electrons. The lowest BCUT2D eigenvalue weighted by Crippen LogP contribution is -2.33. The number of rotatable bonds is 5. The van der Waals surface area contributed by atoms with E-state index in [0.29, 0.717) is 11.1 Å². The van der Waals surface area contributed by atoms with Crippen molar-refractivity contribution in [2.24, 2.45) is 0 Å². The van der Waals surface area contributed by atoms with E-state index in [0.717, 1.165) is 54.3 Å². The Morgan fingerprint density at radius 2 is 1.76 bits per heavy atom. The zero-order valence-corrected chi connectivity index (χ0v) is 16.1. The van der Waals surface area contributed by atoms with Crippen LogP contribution in [0.4, 0.5) is 0 Å². The van der Waals surface area contributed by atoms with Crippen LogP contribution in [0.25, 0.3) is 10.9 Å². The number of esters is 1. The number of aryl methyl sites for hydroxylation is 1. The van der Waals surface area contributed by atoms with Gasteiger partial charge in [0, 0.05) is 22.7 Å². The van der Waals surface area contributed by atoms with Gasteiger partial charge >= 0.3 is 5.97 Å². The molecule has 5 rings (SSSR count). The minimum Gasteiger partial charge on any atom is -0.444 e. The first-order valence-electron chi connectivity index (χ1n) is 10.2. The van der Waals surface area contributed by atoms with Crippen LogP contribution < -0.4 is 5.32 Å². The molecule has 1 saturated carbocycles. The molecular formula is C24H22N2O3. The third kappa shape index (κ3) is 3.48. The summed E-state index contributed by atoms with van der Waals surface area (Å²) in [5.41, 5.74) is 3.95. The molecule has 0 spiro atoms. The van der Waals surface area contributed by atoms with E-state index in [4.69, 9.17) is 9.72 Å².